The largest absolute Gasteiger partial charge is 0.241 e. The fraction of sp³-hybridized carbons (Fsp3) is 0.0556. The highest BCUT2D eigenvalue weighted by molar-refractivity contribution is 6.06. The van der Waals surface area contributed by atoms with Gasteiger partial charge in [-0.2, -0.15) is 0 Å². The van der Waals surface area contributed by atoms with E-state index in [2.05, 4.69) is 141 Å². The van der Waals surface area contributed by atoms with E-state index in [-0.39, 0.29) is 0 Å². The van der Waals surface area contributed by atoms with E-state index in [1.165, 1.54) is 21.9 Å². The highest BCUT2D eigenvalue weighted by Gasteiger charge is 2.23. The summed E-state index contributed by atoms with van der Waals surface area (Å²) in [6.07, 6.45) is 2.18. The lowest BCUT2D eigenvalue weighted by atomic mass is 9.91. The minimum Gasteiger partial charge on any atom is -0.241 e. The highest BCUT2D eigenvalue weighted by atomic mass is 15.0. The van der Waals surface area contributed by atoms with Crippen LogP contribution < -0.4 is 0 Å². The summed E-state index contributed by atoms with van der Waals surface area (Å²) in [5, 5.41) is 3.51. The van der Waals surface area contributed by atoms with E-state index in [9.17, 15) is 0 Å². The molecule has 5 aromatic carbocycles. The molecule has 0 saturated heterocycles. The summed E-state index contributed by atoms with van der Waals surface area (Å²) in [7, 11) is 2.00. The Hall–Kier alpha value is -4.82. The summed E-state index contributed by atoms with van der Waals surface area (Å²) >= 11 is 0. The van der Waals surface area contributed by atoms with Gasteiger partial charge in [-0.3, -0.25) is 0 Å². The molecule has 0 aliphatic carbocycles. The van der Waals surface area contributed by atoms with Crippen molar-refractivity contribution >= 4 is 39.7 Å². The summed E-state index contributed by atoms with van der Waals surface area (Å²) in [5.74, 6) is 0. The van der Waals surface area contributed by atoms with Gasteiger partial charge in [-0.05, 0) is 52.1 Å². The van der Waals surface area contributed by atoms with Gasteiger partial charge in [0.25, 0.3) is 0 Å². The third-order valence-electron chi connectivity index (χ3n) is 7.15. The summed E-state index contributed by atoms with van der Waals surface area (Å²) in [6.45, 7) is 6.44. The molecule has 38 heavy (non-hydrogen) atoms. The molecule has 2 nitrogen and oxygen atoms in total. The topological polar surface area (TPSA) is 15.9 Å². The first-order valence-electron chi connectivity index (χ1n) is 12.9. The van der Waals surface area contributed by atoms with Crippen LogP contribution in [0.15, 0.2) is 127 Å². The molecule has 1 heterocycles. The van der Waals surface area contributed by atoms with Crippen LogP contribution in [0.25, 0.3) is 49.6 Å². The van der Waals surface area contributed by atoms with Gasteiger partial charge in [0.15, 0.2) is 0 Å². The fourth-order valence-electron chi connectivity index (χ4n) is 5.42. The molecule has 0 radical (unpaired) electrons. The molecule has 0 atom stereocenters. The number of hydrogen-bond donors (Lipinski definition) is 0. The minimum atomic E-state index is 0.944. The van der Waals surface area contributed by atoms with Gasteiger partial charge in [0.05, 0.1) is 11.3 Å². The van der Waals surface area contributed by atoms with Crippen LogP contribution in [-0.4, -0.2) is 23.3 Å². The third-order valence-corrected chi connectivity index (χ3v) is 7.15. The van der Waals surface area contributed by atoms with Gasteiger partial charge in [-0.25, -0.2) is 9.56 Å². The third kappa shape index (κ3) is 4.10. The molecule has 182 valence electrons. The Kier molecular flexibility index (Phi) is 6.15. The second-order valence-corrected chi connectivity index (χ2v) is 9.57. The van der Waals surface area contributed by atoms with Crippen molar-refractivity contribution < 1.29 is 4.58 Å². The van der Waals surface area contributed by atoms with Crippen molar-refractivity contribution in [2.24, 2.45) is 0 Å². The SMILES string of the molecule is C=[N+](C)c1c(C(=CC)c2ccccc2)ccc2c(-c3ccccc3)cc(-c3cccc4ccccc34)nc12. The van der Waals surface area contributed by atoms with Crippen molar-refractivity contribution in [2.45, 2.75) is 6.92 Å². The first kappa shape index (κ1) is 23.6. The Balaban J connectivity index is 1.72. The summed E-state index contributed by atoms with van der Waals surface area (Å²) < 4.78 is 1.96. The van der Waals surface area contributed by atoms with Crippen molar-refractivity contribution in [1.82, 2.24) is 4.98 Å². The first-order valence-corrected chi connectivity index (χ1v) is 12.9. The monoisotopic (exact) mass is 489 g/mol. The number of benzene rings is 5. The molecular weight excluding hydrogens is 460 g/mol. The maximum absolute atomic E-state index is 5.37. The number of fused-ring (bicyclic) bond motifs is 2. The van der Waals surface area contributed by atoms with E-state index in [1.54, 1.807) is 0 Å². The molecule has 1 aromatic heterocycles. The zero-order chi connectivity index (χ0) is 26.1. The Morgan fingerprint density at radius 1 is 0.711 bits per heavy atom. The Bertz CT molecular complexity index is 1830. The standard InChI is InChI=1S/C36H29N2/c1-4-28(25-14-7-5-8-15-25)32-23-22-31-33(27-16-9-6-10-17-27)24-34(37-35(31)36(32)38(2)3)30-21-13-19-26-18-11-12-20-29(26)30/h4-24H,2H2,1,3H3/q+1. The number of nitrogens with zero attached hydrogens (tertiary/aromatic N) is 2. The summed E-state index contributed by atoms with van der Waals surface area (Å²) in [6, 6.07) is 42.7. The van der Waals surface area contributed by atoms with E-state index >= 15 is 0 Å². The number of hydrogen-bond acceptors (Lipinski definition) is 1. The lowest BCUT2D eigenvalue weighted by Crippen LogP contribution is -2.03. The molecule has 0 N–H and O–H groups in total. The van der Waals surface area contributed by atoms with Crippen molar-refractivity contribution in [3.63, 3.8) is 0 Å². The maximum atomic E-state index is 5.37. The average molecular weight is 490 g/mol. The average Bonchev–Trinajstić information content (AvgIpc) is 2.97. The molecule has 0 saturated carbocycles. The molecule has 0 unspecified atom stereocenters. The Morgan fingerprint density at radius 2 is 1.39 bits per heavy atom. The predicted molar refractivity (Wildman–Crippen MR) is 162 cm³/mol. The molecule has 0 aliphatic rings. The van der Waals surface area contributed by atoms with Gasteiger partial charge >= 0.3 is 0 Å². The molecule has 0 aliphatic heterocycles. The van der Waals surface area contributed by atoms with E-state index < -0.39 is 0 Å². The number of rotatable bonds is 5. The first-order chi connectivity index (χ1) is 18.7. The number of pyridine rings is 1. The summed E-state index contributed by atoms with van der Waals surface area (Å²) in [4.78, 5) is 5.37. The van der Waals surface area contributed by atoms with E-state index in [0.29, 0.717) is 0 Å². The van der Waals surface area contributed by atoms with Crippen molar-refractivity contribution in [3.8, 4) is 22.4 Å². The molecule has 0 spiro atoms. The Labute approximate surface area is 223 Å². The number of aromatic nitrogens is 1. The second-order valence-electron chi connectivity index (χ2n) is 9.57. The molecule has 0 fully saturated rings. The van der Waals surface area contributed by atoms with E-state index in [0.717, 1.165) is 44.5 Å². The van der Waals surface area contributed by atoms with E-state index in [1.807, 2.05) is 11.6 Å². The quantitative estimate of drug-likeness (QED) is 0.174. The van der Waals surface area contributed by atoms with Crippen molar-refractivity contribution in [3.05, 3.63) is 139 Å². The van der Waals surface area contributed by atoms with Crippen LogP contribution in [0.1, 0.15) is 18.1 Å². The molecular formula is C36H29N2+. The molecule has 6 rings (SSSR count). The minimum absolute atomic E-state index is 0.944. The fourth-order valence-corrected chi connectivity index (χ4v) is 5.42. The molecule has 6 aromatic rings. The molecule has 2 heteroatoms. The van der Waals surface area contributed by atoms with Crippen LogP contribution in [0.5, 0.6) is 0 Å². The van der Waals surface area contributed by atoms with Gasteiger partial charge in [-0.1, -0.05) is 115 Å². The highest BCUT2D eigenvalue weighted by Crippen LogP contribution is 2.41. The van der Waals surface area contributed by atoms with Gasteiger partial charge < -0.3 is 0 Å². The van der Waals surface area contributed by atoms with E-state index in [4.69, 9.17) is 4.98 Å². The van der Waals surface area contributed by atoms with Crippen LogP contribution in [0.3, 0.4) is 0 Å². The van der Waals surface area contributed by atoms with Crippen LogP contribution >= 0.6 is 0 Å². The Morgan fingerprint density at radius 3 is 2.13 bits per heavy atom. The van der Waals surface area contributed by atoms with Crippen molar-refractivity contribution in [2.75, 3.05) is 7.05 Å². The molecule has 0 bridgehead atoms. The lowest BCUT2D eigenvalue weighted by molar-refractivity contribution is -0.393. The van der Waals surface area contributed by atoms with Gasteiger partial charge in [0, 0.05) is 10.9 Å². The maximum Gasteiger partial charge on any atom is 0.238 e. The van der Waals surface area contributed by atoms with Gasteiger partial charge in [0.1, 0.15) is 19.3 Å². The number of allylic oxidation sites excluding steroid dienone is 1. The van der Waals surface area contributed by atoms with Gasteiger partial charge in [-0.15, -0.1) is 0 Å². The second kappa shape index (κ2) is 9.91. The van der Waals surface area contributed by atoms with Crippen LogP contribution in [0.4, 0.5) is 5.69 Å². The zero-order valence-corrected chi connectivity index (χ0v) is 21.7. The molecule has 0 amide bonds. The van der Waals surface area contributed by atoms with Gasteiger partial charge in [0.2, 0.25) is 5.69 Å². The smallest absolute Gasteiger partial charge is 0.238 e. The zero-order valence-electron chi connectivity index (χ0n) is 21.7. The lowest BCUT2D eigenvalue weighted by Gasteiger charge is -2.16. The van der Waals surface area contributed by atoms with Crippen LogP contribution in [-0.2, 0) is 0 Å². The summed E-state index contributed by atoms with van der Waals surface area (Å²) in [5.41, 5.74) is 9.82. The van der Waals surface area contributed by atoms with Crippen LogP contribution in [0.2, 0.25) is 0 Å². The normalized spacial score (nSPS) is 11.7. The van der Waals surface area contributed by atoms with Crippen LogP contribution in [0, 0.1) is 0 Å². The van der Waals surface area contributed by atoms with Crippen molar-refractivity contribution in [1.29, 1.82) is 0 Å². The predicted octanol–water partition coefficient (Wildman–Crippen LogP) is 9.15.